The highest BCUT2D eigenvalue weighted by Crippen LogP contribution is 2.30. The van der Waals surface area contributed by atoms with E-state index in [0.29, 0.717) is 23.3 Å². The number of nitro groups is 1. The van der Waals surface area contributed by atoms with Crippen LogP contribution >= 0.6 is 11.8 Å². The van der Waals surface area contributed by atoms with Crippen LogP contribution in [-0.2, 0) is 5.75 Å². The number of anilines is 1. The molecular weight excluding hydrogens is 288 g/mol. The summed E-state index contributed by atoms with van der Waals surface area (Å²) in [6.45, 7) is 4.61. The van der Waals surface area contributed by atoms with Crippen LogP contribution in [0.3, 0.4) is 0 Å². The summed E-state index contributed by atoms with van der Waals surface area (Å²) in [6.07, 6.45) is 1.25. The number of nitrogens with one attached hydrogen (secondary N) is 1. The Bertz CT molecular complexity index is 649. The van der Waals surface area contributed by atoms with E-state index in [1.165, 1.54) is 23.5 Å². The normalized spacial score (nSPS) is 10.4. The largest absolute Gasteiger partial charge is 0.354 e. The zero-order valence-electron chi connectivity index (χ0n) is 11.9. The van der Waals surface area contributed by atoms with Crippen molar-refractivity contribution >= 4 is 23.4 Å². The molecule has 110 valence electrons. The van der Waals surface area contributed by atoms with Gasteiger partial charge in [-0.3, -0.25) is 10.1 Å². The molecule has 0 amide bonds. The first kappa shape index (κ1) is 15.2. The summed E-state index contributed by atoms with van der Waals surface area (Å²) in [5, 5.41) is 14.4. The maximum atomic E-state index is 11.0. The molecular formula is C14H16N4O2S. The Balaban J connectivity index is 2.20. The molecule has 0 spiro atoms. The molecule has 0 fully saturated rings. The molecule has 6 nitrogen and oxygen atoms in total. The number of hydrogen-bond donors (Lipinski definition) is 1. The Morgan fingerprint density at radius 3 is 2.90 bits per heavy atom. The maximum Gasteiger partial charge on any atom is 0.319 e. The van der Waals surface area contributed by atoms with Gasteiger partial charge in [-0.05, 0) is 19.4 Å². The summed E-state index contributed by atoms with van der Waals surface area (Å²) in [7, 11) is 0. The van der Waals surface area contributed by atoms with Gasteiger partial charge in [-0.2, -0.15) is 4.98 Å². The van der Waals surface area contributed by atoms with Crippen molar-refractivity contribution in [2.75, 3.05) is 11.9 Å². The predicted molar refractivity (Wildman–Crippen MR) is 83.6 cm³/mol. The summed E-state index contributed by atoms with van der Waals surface area (Å²) in [5.74, 6) is 1.04. The molecule has 1 aromatic carbocycles. The Morgan fingerprint density at radius 2 is 2.24 bits per heavy atom. The summed E-state index contributed by atoms with van der Waals surface area (Å²) in [6, 6.07) is 8.05. The minimum atomic E-state index is -0.450. The summed E-state index contributed by atoms with van der Waals surface area (Å²) >= 11 is 1.34. The van der Waals surface area contributed by atoms with Crippen molar-refractivity contribution in [3.8, 4) is 0 Å². The van der Waals surface area contributed by atoms with E-state index in [4.69, 9.17) is 0 Å². The number of hydrogen-bond acceptors (Lipinski definition) is 6. The summed E-state index contributed by atoms with van der Waals surface area (Å²) in [4.78, 5) is 18.8. The molecule has 21 heavy (non-hydrogen) atoms. The topological polar surface area (TPSA) is 81.0 Å². The van der Waals surface area contributed by atoms with Gasteiger partial charge >= 0.3 is 5.69 Å². The quantitative estimate of drug-likeness (QED) is 0.381. The average molecular weight is 304 g/mol. The van der Waals surface area contributed by atoms with Gasteiger partial charge < -0.3 is 5.32 Å². The minimum Gasteiger partial charge on any atom is -0.354 e. The van der Waals surface area contributed by atoms with Crippen molar-refractivity contribution in [3.05, 3.63) is 51.7 Å². The monoisotopic (exact) mass is 304 g/mol. The van der Waals surface area contributed by atoms with Crippen LogP contribution in [0.15, 0.2) is 35.5 Å². The first-order chi connectivity index (χ1) is 10.1. The van der Waals surface area contributed by atoms with Crippen LogP contribution < -0.4 is 5.32 Å². The number of aromatic nitrogens is 2. The van der Waals surface area contributed by atoms with E-state index in [1.807, 2.05) is 32.0 Å². The van der Waals surface area contributed by atoms with E-state index in [1.54, 1.807) is 0 Å². The lowest BCUT2D eigenvalue weighted by molar-refractivity contribution is -0.388. The SMILES string of the molecule is CCNc1ncc([N+](=O)[O-])c(SCc2cccc(C)c2)n1. The number of thioether (sulfide) groups is 1. The van der Waals surface area contributed by atoms with Crippen LogP contribution in [-0.4, -0.2) is 21.4 Å². The summed E-state index contributed by atoms with van der Waals surface area (Å²) in [5.41, 5.74) is 2.21. The van der Waals surface area contributed by atoms with Gasteiger partial charge in [0, 0.05) is 12.3 Å². The maximum absolute atomic E-state index is 11.0. The third kappa shape index (κ3) is 4.16. The second-order valence-electron chi connectivity index (χ2n) is 4.45. The van der Waals surface area contributed by atoms with Gasteiger partial charge in [0.15, 0.2) is 5.03 Å². The third-order valence-electron chi connectivity index (χ3n) is 2.73. The van der Waals surface area contributed by atoms with Gasteiger partial charge in [0.05, 0.1) is 4.92 Å². The number of nitrogens with zero attached hydrogens (tertiary/aromatic N) is 3. The Labute approximate surface area is 127 Å². The fourth-order valence-corrected chi connectivity index (χ4v) is 2.70. The van der Waals surface area contributed by atoms with E-state index < -0.39 is 4.92 Å². The lowest BCUT2D eigenvalue weighted by Crippen LogP contribution is -2.04. The number of benzene rings is 1. The molecule has 0 atom stereocenters. The second kappa shape index (κ2) is 7.03. The number of rotatable bonds is 6. The summed E-state index contributed by atoms with van der Waals surface area (Å²) < 4.78 is 0. The van der Waals surface area contributed by atoms with Crippen molar-refractivity contribution in [2.24, 2.45) is 0 Å². The van der Waals surface area contributed by atoms with Crippen LogP contribution in [0.25, 0.3) is 0 Å². The van der Waals surface area contributed by atoms with Crippen LogP contribution in [0.1, 0.15) is 18.1 Å². The minimum absolute atomic E-state index is 0.0608. The molecule has 0 aliphatic rings. The van der Waals surface area contributed by atoms with Crippen LogP contribution in [0, 0.1) is 17.0 Å². The van der Waals surface area contributed by atoms with Crippen molar-refractivity contribution in [2.45, 2.75) is 24.6 Å². The van der Waals surface area contributed by atoms with E-state index in [0.717, 1.165) is 5.56 Å². The first-order valence-corrected chi connectivity index (χ1v) is 7.52. The third-order valence-corrected chi connectivity index (χ3v) is 3.78. The molecule has 1 heterocycles. The van der Waals surface area contributed by atoms with Crippen LogP contribution in [0.4, 0.5) is 11.6 Å². The van der Waals surface area contributed by atoms with Crippen molar-refractivity contribution in [1.82, 2.24) is 9.97 Å². The molecule has 7 heteroatoms. The molecule has 1 aromatic heterocycles. The van der Waals surface area contributed by atoms with E-state index >= 15 is 0 Å². The van der Waals surface area contributed by atoms with E-state index in [2.05, 4.69) is 21.4 Å². The highest BCUT2D eigenvalue weighted by Gasteiger charge is 2.17. The molecule has 1 N–H and O–H groups in total. The van der Waals surface area contributed by atoms with E-state index in [9.17, 15) is 10.1 Å². The van der Waals surface area contributed by atoms with Crippen molar-refractivity contribution < 1.29 is 4.92 Å². The Kier molecular flexibility index (Phi) is 5.10. The molecule has 2 rings (SSSR count). The fraction of sp³-hybridized carbons (Fsp3) is 0.286. The Morgan fingerprint density at radius 1 is 1.43 bits per heavy atom. The van der Waals surface area contributed by atoms with Gasteiger partial charge in [-0.25, -0.2) is 4.98 Å². The highest BCUT2D eigenvalue weighted by molar-refractivity contribution is 7.98. The molecule has 0 saturated carbocycles. The van der Waals surface area contributed by atoms with Crippen LogP contribution in [0.5, 0.6) is 0 Å². The molecule has 0 radical (unpaired) electrons. The fourth-order valence-electron chi connectivity index (χ4n) is 1.79. The van der Waals surface area contributed by atoms with Gasteiger partial charge in [0.2, 0.25) is 5.95 Å². The van der Waals surface area contributed by atoms with Crippen molar-refractivity contribution in [3.63, 3.8) is 0 Å². The molecule has 0 aliphatic carbocycles. The molecule has 0 unspecified atom stereocenters. The lowest BCUT2D eigenvalue weighted by atomic mass is 10.2. The molecule has 0 saturated heterocycles. The average Bonchev–Trinajstić information content (AvgIpc) is 2.45. The molecule has 0 aliphatic heterocycles. The second-order valence-corrected chi connectivity index (χ2v) is 5.41. The standard InChI is InChI=1S/C14H16N4O2S/c1-3-15-14-16-8-12(18(19)20)13(17-14)21-9-11-6-4-5-10(2)7-11/h4-8H,3,9H2,1-2H3,(H,15,16,17). The van der Waals surface area contributed by atoms with Crippen molar-refractivity contribution in [1.29, 1.82) is 0 Å². The lowest BCUT2D eigenvalue weighted by Gasteiger charge is -2.06. The van der Waals surface area contributed by atoms with E-state index in [-0.39, 0.29) is 5.69 Å². The first-order valence-electron chi connectivity index (χ1n) is 6.53. The zero-order valence-corrected chi connectivity index (χ0v) is 12.7. The van der Waals surface area contributed by atoms with Gasteiger partial charge in [0.25, 0.3) is 0 Å². The number of aryl methyl sites for hydroxylation is 1. The smallest absolute Gasteiger partial charge is 0.319 e. The zero-order chi connectivity index (χ0) is 15.2. The Hall–Kier alpha value is -2.15. The van der Waals surface area contributed by atoms with Gasteiger partial charge in [-0.15, -0.1) is 0 Å². The van der Waals surface area contributed by atoms with Gasteiger partial charge in [0.1, 0.15) is 6.20 Å². The highest BCUT2D eigenvalue weighted by atomic mass is 32.2. The predicted octanol–water partition coefficient (Wildman–Crippen LogP) is 3.42. The van der Waals surface area contributed by atoms with Gasteiger partial charge in [-0.1, -0.05) is 41.6 Å². The molecule has 0 bridgehead atoms. The van der Waals surface area contributed by atoms with Crippen LogP contribution in [0.2, 0.25) is 0 Å². The molecule has 2 aromatic rings.